The van der Waals surface area contributed by atoms with Crippen LogP contribution in [0, 0.1) is 0 Å². The van der Waals surface area contributed by atoms with Crippen molar-refractivity contribution in [3.8, 4) is 0 Å². The van der Waals surface area contributed by atoms with Gasteiger partial charge in [-0.1, -0.05) is 30.3 Å². The number of carbonyl (C=O) groups is 1. The highest BCUT2D eigenvalue weighted by Gasteiger charge is 1.90. The largest absolute Gasteiger partial charge is 0.515 e. The van der Waals surface area contributed by atoms with Crippen LogP contribution in [0.2, 0.25) is 0 Å². The summed E-state index contributed by atoms with van der Waals surface area (Å²) in [6.07, 6.45) is 1.12. The predicted molar refractivity (Wildman–Crippen MR) is 56.0 cm³/mol. The van der Waals surface area contributed by atoms with E-state index < -0.39 is 5.97 Å². The number of hydrogen-bond acceptors (Lipinski definition) is 2. The number of rotatable bonds is 1. The van der Waals surface area contributed by atoms with E-state index in [2.05, 4.69) is 0 Å². The van der Waals surface area contributed by atoms with E-state index in [4.69, 9.17) is 15.0 Å². The van der Waals surface area contributed by atoms with Crippen molar-refractivity contribution in [2.24, 2.45) is 0 Å². The highest BCUT2D eigenvalue weighted by molar-refractivity contribution is 5.63. The molecule has 0 spiro atoms. The van der Waals surface area contributed by atoms with E-state index in [9.17, 15) is 0 Å². The van der Waals surface area contributed by atoms with Gasteiger partial charge < -0.3 is 10.2 Å². The Kier molecular flexibility index (Phi) is 5.87. The number of allylic oxidation sites excluding steroid dienone is 1. The van der Waals surface area contributed by atoms with Gasteiger partial charge in [0.1, 0.15) is 0 Å². The Labute approximate surface area is 83.3 Å². The number of carboxylic acids is 1. The molecule has 0 unspecified atom stereocenters. The molecule has 0 saturated heterocycles. The van der Waals surface area contributed by atoms with Crippen LogP contribution in [0.1, 0.15) is 19.4 Å². The molecule has 0 aromatic heterocycles. The minimum atomic E-state index is -0.833. The Morgan fingerprint density at radius 2 is 1.64 bits per heavy atom. The number of aliphatic hydroxyl groups excluding tert-OH is 1. The summed E-state index contributed by atoms with van der Waals surface area (Å²) in [5, 5.41) is 16.0. The smallest absolute Gasteiger partial charge is 0.300 e. The Morgan fingerprint density at radius 3 is 2.00 bits per heavy atom. The first-order chi connectivity index (χ1) is 6.57. The highest BCUT2D eigenvalue weighted by atomic mass is 16.4. The van der Waals surface area contributed by atoms with Crippen LogP contribution < -0.4 is 0 Å². The van der Waals surface area contributed by atoms with Crippen molar-refractivity contribution < 1.29 is 15.0 Å². The maximum absolute atomic E-state index is 9.00. The van der Waals surface area contributed by atoms with Gasteiger partial charge in [0.2, 0.25) is 0 Å². The highest BCUT2D eigenvalue weighted by Crippen LogP contribution is 2.10. The van der Waals surface area contributed by atoms with Gasteiger partial charge >= 0.3 is 0 Å². The van der Waals surface area contributed by atoms with E-state index >= 15 is 0 Å². The molecule has 0 fully saturated rings. The SMILES string of the molecule is C/C(=C\O)c1ccccc1.CC(=O)O. The molecule has 1 rings (SSSR count). The van der Waals surface area contributed by atoms with Gasteiger partial charge in [-0.25, -0.2) is 0 Å². The molecule has 0 aliphatic rings. The second-order valence-corrected chi connectivity index (χ2v) is 2.70. The summed E-state index contributed by atoms with van der Waals surface area (Å²) in [7, 11) is 0. The summed E-state index contributed by atoms with van der Waals surface area (Å²) in [4.78, 5) is 9.00. The standard InChI is InChI=1S/C9H10O.C2H4O2/c1-8(7-10)9-5-3-2-4-6-9;1-2(3)4/h2-7,10H,1H3;1H3,(H,3,4)/b8-7+;. The zero-order valence-corrected chi connectivity index (χ0v) is 8.27. The van der Waals surface area contributed by atoms with Crippen LogP contribution in [0.25, 0.3) is 5.57 Å². The van der Waals surface area contributed by atoms with Gasteiger partial charge in [0.25, 0.3) is 5.97 Å². The second kappa shape index (κ2) is 6.71. The second-order valence-electron chi connectivity index (χ2n) is 2.70. The summed E-state index contributed by atoms with van der Waals surface area (Å²) in [6.45, 7) is 2.95. The quantitative estimate of drug-likeness (QED) is 0.676. The molecule has 14 heavy (non-hydrogen) atoms. The third kappa shape index (κ3) is 5.83. The van der Waals surface area contributed by atoms with Crippen molar-refractivity contribution in [3.63, 3.8) is 0 Å². The van der Waals surface area contributed by atoms with Gasteiger partial charge in [-0.3, -0.25) is 4.79 Å². The van der Waals surface area contributed by atoms with Crippen molar-refractivity contribution in [2.75, 3.05) is 0 Å². The number of hydrogen-bond donors (Lipinski definition) is 2. The van der Waals surface area contributed by atoms with E-state index in [0.29, 0.717) is 0 Å². The van der Waals surface area contributed by atoms with Crippen LogP contribution in [0.15, 0.2) is 36.6 Å². The Bertz CT molecular complexity index is 298. The molecular formula is C11H14O3. The molecule has 0 saturated carbocycles. The molecule has 0 amide bonds. The summed E-state index contributed by atoms with van der Waals surface area (Å²) in [5.41, 5.74) is 1.95. The lowest BCUT2D eigenvalue weighted by molar-refractivity contribution is -0.134. The molecule has 3 heteroatoms. The molecule has 1 aromatic carbocycles. The molecule has 76 valence electrons. The molecule has 0 aliphatic carbocycles. The summed E-state index contributed by atoms with van der Waals surface area (Å²) in [5.74, 6) is -0.833. The maximum atomic E-state index is 9.00. The molecule has 2 N–H and O–H groups in total. The average molecular weight is 194 g/mol. The third-order valence-corrected chi connectivity index (χ3v) is 1.42. The molecule has 0 radical (unpaired) electrons. The van der Waals surface area contributed by atoms with E-state index in [1.54, 1.807) is 0 Å². The number of benzene rings is 1. The lowest BCUT2D eigenvalue weighted by Crippen LogP contribution is -1.78. The first-order valence-corrected chi connectivity index (χ1v) is 4.14. The Morgan fingerprint density at radius 1 is 1.21 bits per heavy atom. The molecular weight excluding hydrogens is 180 g/mol. The van der Waals surface area contributed by atoms with Crippen LogP contribution in [0.5, 0.6) is 0 Å². The van der Waals surface area contributed by atoms with Crippen LogP contribution >= 0.6 is 0 Å². The molecule has 0 bridgehead atoms. The van der Waals surface area contributed by atoms with E-state index in [-0.39, 0.29) is 0 Å². The fourth-order valence-electron chi connectivity index (χ4n) is 0.776. The lowest BCUT2D eigenvalue weighted by atomic mass is 10.1. The van der Waals surface area contributed by atoms with Gasteiger partial charge in [0.05, 0.1) is 6.26 Å². The average Bonchev–Trinajstić information content (AvgIpc) is 2.17. The molecule has 3 nitrogen and oxygen atoms in total. The topological polar surface area (TPSA) is 57.5 Å². The Balaban J connectivity index is 0.000000364. The van der Waals surface area contributed by atoms with E-state index in [0.717, 1.165) is 24.3 Å². The van der Waals surface area contributed by atoms with Gasteiger partial charge in [-0.2, -0.15) is 0 Å². The molecule has 0 heterocycles. The fraction of sp³-hybridized carbons (Fsp3) is 0.182. The minimum absolute atomic E-state index is 0.833. The normalized spacial score (nSPS) is 10.0. The van der Waals surface area contributed by atoms with E-state index in [1.165, 1.54) is 0 Å². The fourth-order valence-corrected chi connectivity index (χ4v) is 0.776. The zero-order valence-electron chi connectivity index (χ0n) is 8.27. The van der Waals surface area contributed by atoms with E-state index in [1.807, 2.05) is 37.3 Å². The summed E-state index contributed by atoms with van der Waals surface area (Å²) < 4.78 is 0. The van der Waals surface area contributed by atoms with Crippen molar-refractivity contribution in [1.29, 1.82) is 0 Å². The van der Waals surface area contributed by atoms with Gasteiger partial charge in [0.15, 0.2) is 0 Å². The summed E-state index contributed by atoms with van der Waals surface area (Å²) >= 11 is 0. The number of aliphatic hydroxyl groups is 1. The van der Waals surface area contributed by atoms with Crippen molar-refractivity contribution in [3.05, 3.63) is 42.2 Å². The minimum Gasteiger partial charge on any atom is -0.515 e. The molecule has 0 atom stereocenters. The molecule has 1 aromatic rings. The van der Waals surface area contributed by atoms with Crippen molar-refractivity contribution in [1.82, 2.24) is 0 Å². The van der Waals surface area contributed by atoms with Crippen LogP contribution in [-0.2, 0) is 4.79 Å². The van der Waals surface area contributed by atoms with Crippen molar-refractivity contribution >= 4 is 11.5 Å². The third-order valence-electron chi connectivity index (χ3n) is 1.42. The first kappa shape index (κ1) is 12.2. The maximum Gasteiger partial charge on any atom is 0.300 e. The van der Waals surface area contributed by atoms with Crippen LogP contribution in [0.4, 0.5) is 0 Å². The van der Waals surface area contributed by atoms with Gasteiger partial charge in [0, 0.05) is 6.92 Å². The van der Waals surface area contributed by atoms with Crippen LogP contribution in [0.3, 0.4) is 0 Å². The summed E-state index contributed by atoms with van der Waals surface area (Å²) in [6, 6.07) is 9.77. The number of aliphatic carboxylic acids is 1. The Hall–Kier alpha value is -1.77. The predicted octanol–water partition coefficient (Wildman–Crippen LogP) is 2.70. The first-order valence-electron chi connectivity index (χ1n) is 4.14. The molecule has 0 aliphatic heterocycles. The zero-order chi connectivity index (χ0) is 11.0. The number of carboxylic acid groups (broad SMARTS) is 1. The van der Waals surface area contributed by atoms with Crippen molar-refractivity contribution in [2.45, 2.75) is 13.8 Å². The van der Waals surface area contributed by atoms with Gasteiger partial charge in [-0.15, -0.1) is 0 Å². The van der Waals surface area contributed by atoms with Gasteiger partial charge in [-0.05, 0) is 18.1 Å². The lowest BCUT2D eigenvalue weighted by Gasteiger charge is -1.96. The monoisotopic (exact) mass is 194 g/mol. The van der Waals surface area contributed by atoms with Crippen LogP contribution in [-0.4, -0.2) is 16.2 Å².